The molecule has 0 saturated heterocycles. The lowest BCUT2D eigenvalue weighted by molar-refractivity contribution is 0.0692. The first kappa shape index (κ1) is 14.7. The Morgan fingerprint density at radius 3 is 2.19 bits per heavy atom. The van der Waals surface area contributed by atoms with Crippen molar-refractivity contribution >= 4 is 5.97 Å². The molecule has 21 heavy (non-hydrogen) atoms. The number of carboxylic acids is 1. The molecule has 0 amide bonds. The van der Waals surface area contributed by atoms with Gasteiger partial charge in [0, 0.05) is 5.56 Å². The molecule has 0 aromatic heterocycles. The van der Waals surface area contributed by atoms with Crippen LogP contribution in [0, 0.1) is 0 Å². The zero-order valence-electron chi connectivity index (χ0n) is 12.0. The average molecular weight is 288 g/mol. The SMILES string of the molecule is COc1ccccc1-c1cc(OC)c(OC)c(C(=O)O)c1. The zero-order chi connectivity index (χ0) is 15.4. The fourth-order valence-corrected chi connectivity index (χ4v) is 2.16. The average Bonchev–Trinajstić information content (AvgIpc) is 2.53. The van der Waals surface area contributed by atoms with Gasteiger partial charge < -0.3 is 19.3 Å². The Balaban J connectivity index is 2.70. The van der Waals surface area contributed by atoms with Gasteiger partial charge in [-0.25, -0.2) is 4.79 Å². The fraction of sp³-hybridized carbons (Fsp3) is 0.188. The number of ether oxygens (including phenoxy) is 3. The van der Waals surface area contributed by atoms with Gasteiger partial charge in [-0.2, -0.15) is 0 Å². The number of para-hydroxylation sites is 1. The van der Waals surface area contributed by atoms with Gasteiger partial charge in [0.15, 0.2) is 11.5 Å². The maximum absolute atomic E-state index is 11.4. The van der Waals surface area contributed by atoms with Crippen molar-refractivity contribution < 1.29 is 24.1 Å². The Morgan fingerprint density at radius 1 is 0.952 bits per heavy atom. The number of rotatable bonds is 5. The summed E-state index contributed by atoms with van der Waals surface area (Å²) in [6, 6.07) is 10.6. The van der Waals surface area contributed by atoms with Crippen molar-refractivity contribution in [2.75, 3.05) is 21.3 Å². The molecule has 0 atom stereocenters. The first-order chi connectivity index (χ1) is 10.1. The Bertz CT molecular complexity index is 664. The van der Waals surface area contributed by atoms with Gasteiger partial charge in [0.2, 0.25) is 0 Å². The highest BCUT2D eigenvalue weighted by Gasteiger charge is 2.19. The van der Waals surface area contributed by atoms with Gasteiger partial charge >= 0.3 is 5.97 Å². The molecule has 0 radical (unpaired) electrons. The van der Waals surface area contributed by atoms with Gasteiger partial charge in [-0.1, -0.05) is 18.2 Å². The molecule has 0 aliphatic carbocycles. The summed E-state index contributed by atoms with van der Waals surface area (Å²) >= 11 is 0. The highest BCUT2D eigenvalue weighted by atomic mass is 16.5. The van der Waals surface area contributed by atoms with Crippen LogP contribution in [0.4, 0.5) is 0 Å². The third-order valence-electron chi connectivity index (χ3n) is 3.13. The van der Waals surface area contributed by atoms with E-state index in [2.05, 4.69) is 0 Å². The van der Waals surface area contributed by atoms with E-state index in [0.717, 1.165) is 5.56 Å². The van der Waals surface area contributed by atoms with Crippen molar-refractivity contribution in [3.05, 3.63) is 42.0 Å². The highest BCUT2D eigenvalue weighted by Crippen LogP contribution is 2.39. The van der Waals surface area contributed by atoms with Crippen LogP contribution in [0.15, 0.2) is 36.4 Å². The van der Waals surface area contributed by atoms with Crippen molar-refractivity contribution in [3.8, 4) is 28.4 Å². The van der Waals surface area contributed by atoms with E-state index in [1.807, 2.05) is 24.3 Å². The van der Waals surface area contributed by atoms with E-state index >= 15 is 0 Å². The van der Waals surface area contributed by atoms with E-state index in [4.69, 9.17) is 14.2 Å². The van der Waals surface area contributed by atoms with Gasteiger partial charge in [-0.05, 0) is 23.8 Å². The maximum Gasteiger partial charge on any atom is 0.339 e. The molecule has 5 nitrogen and oxygen atoms in total. The molecule has 0 spiro atoms. The molecule has 0 heterocycles. The fourth-order valence-electron chi connectivity index (χ4n) is 2.16. The van der Waals surface area contributed by atoms with E-state index in [1.165, 1.54) is 14.2 Å². The number of methoxy groups -OCH3 is 3. The number of aromatic carboxylic acids is 1. The molecule has 2 rings (SSSR count). The largest absolute Gasteiger partial charge is 0.496 e. The second kappa shape index (κ2) is 6.17. The van der Waals surface area contributed by atoms with Crippen LogP contribution >= 0.6 is 0 Å². The summed E-state index contributed by atoms with van der Waals surface area (Å²) in [6.07, 6.45) is 0. The van der Waals surface area contributed by atoms with Crippen LogP contribution in [0.5, 0.6) is 17.2 Å². The molecule has 0 saturated carbocycles. The molecule has 5 heteroatoms. The van der Waals surface area contributed by atoms with E-state index in [1.54, 1.807) is 19.2 Å². The first-order valence-corrected chi connectivity index (χ1v) is 6.25. The van der Waals surface area contributed by atoms with Gasteiger partial charge in [0.1, 0.15) is 11.3 Å². The van der Waals surface area contributed by atoms with Crippen LogP contribution in [0.1, 0.15) is 10.4 Å². The summed E-state index contributed by atoms with van der Waals surface area (Å²) in [6.45, 7) is 0. The predicted octanol–water partition coefficient (Wildman–Crippen LogP) is 3.08. The molecule has 0 unspecified atom stereocenters. The van der Waals surface area contributed by atoms with Crippen LogP contribution in [0.3, 0.4) is 0 Å². The van der Waals surface area contributed by atoms with Crippen molar-refractivity contribution in [3.63, 3.8) is 0 Å². The Hall–Kier alpha value is -2.69. The number of carbonyl (C=O) groups is 1. The number of benzene rings is 2. The van der Waals surface area contributed by atoms with E-state index in [-0.39, 0.29) is 11.3 Å². The van der Waals surface area contributed by atoms with Gasteiger partial charge in [-0.15, -0.1) is 0 Å². The summed E-state index contributed by atoms with van der Waals surface area (Å²) in [5.41, 5.74) is 1.50. The van der Waals surface area contributed by atoms with Gasteiger partial charge in [0.05, 0.1) is 21.3 Å². The van der Waals surface area contributed by atoms with Gasteiger partial charge in [-0.3, -0.25) is 0 Å². The van der Waals surface area contributed by atoms with Crippen molar-refractivity contribution in [1.82, 2.24) is 0 Å². The lowest BCUT2D eigenvalue weighted by atomic mass is 10.0. The Labute approximate surface area is 122 Å². The standard InChI is InChI=1S/C16H16O5/c1-19-13-7-5-4-6-11(13)10-8-12(16(17)18)15(21-3)14(9-10)20-2/h4-9H,1-3H3,(H,17,18). The minimum absolute atomic E-state index is 0.0396. The lowest BCUT2D eigenvalue weighted by Gasteiger charge is -2.14. The lowest BCUT2D eigenvalue weighted by Crippen LogP contribution is -2.03. The second-order valence-corrected chi connectivity index (χ2v) is 4.26. The van der Waals surface area contributed by atoms with Crippen LogP contribution in [-0.4, -0.2) is 32.4 Å². The van der Waals surface area contributed by atoms with Crippen molar-refractivity contribution in [2.45, 2.75) is 0 Å². The molecule has 0 fully saturated rings. The molecule has 1 N–H and O–H groups in total. The number of hydrogen-bond acceptors (Lipinski definition) is 4. The van der Waals surface area contributed by atoms with E-state index in [0.29, 0.717) is 17.1 Å². The first-order valence-electron chi connectivity index (χ1n) is 6.25. The monoisotopic (exact) mass is 288 g/mol. The summed E-state index contributed by atoms with van der Waals surface area (Å²) in [7, 11) is 4.44. The van der Waals surface area contributed by atoms with Crippen LogP contribution in [0.2, 0.25) is 0 Å². The minimum atomic E-state index is -1.08. The quantitative estimate of drug-likeness (QED) is 0.916. The van der Waals surface area contributed by atoms with Crippen molar-refractivity contribution in [1.29, 1.82) is 0 Å². The Morgan fingerprint density at radius 2 is 1.62 bits per heavy atom. The highest BCUT2D eigenvalue weighted by molar-refractivity contribution is 5.94. The van der Waals surface area contributed by atoms with E-state index in [9.17, 15) is 9.90 Å². The van der Waals surface area contributed by atoms with Crippen LogP contribution in [-0.2, 0) is 0 Å². The molecule has 0 aliphatic rings. The molecular formula is C16H16O5. The van der Waals surface area contributed by atoms with Crippen molar-refractivity contribution in [2.24, 2.45) is 0 Å². The summed E-state index contributed by atoms with van der Waals surface area (Å²) in [5.74, 6) is 0.130. The number of carboxylic acid groups (broad SMARTS) is 1. The predicted molar refractivity (Wildman–Crippen MR) is 78.5 cm³/mol. The maximum atomic E-state index is 11.4. The third-order valence-corrected chi connectivity index (χ3v) is 3.13. The molecular weight excluding hydrogens is 272 g/mol. The minimum Gasteiger partial charge on any atom is -0.496 e. The smallest absolute Gasteiger partial charge is 0.339 e. The molecule has 0 aliphatic heterocycles. The number of hydrogen-bond donors (Lipinski definition) is 1. The third kappa shape index (κ3) is 2.76. The Kier molecular flexibility index (Phi) is 4.33. The molecule has 0 bridgehead atoms. The summed E-state index contributed by atoms with van der Waals surface area (Å²) < 4.78 is 15.7. The zero-order valence-corrected chi connectivity index (χ0v) is 12.0. The molecule has 2 aromatic carbocycles. The van der Waals surface area contributed by atoms with Crippen LogP contribution < -0.4 is 14.2 Å². The normalized spacial score (nSPS) is 10.0. The summed E-state index contributed by atoms with van der Waals surface area (Å²) in [4.78, 5) is 11.4. The molecule has 110 valence electrons. The molecule has 2 aromatic rings. The van der Waals surface area contributed by atoms with Crippen LogP contribution in [0.25, 0.3) is 11.1 Å². The van der Waals surface area contributed by atoms with Gasteiger partial charge in [0.25, 0.3) is 0 Å². The topological polar surface area (TPSA) is 65.0 Å². The second-order valence-electron chi connectivity index (χ2n) is 4.26. The summed E-state index contributed by atoms with van der Waals surface area (Å²) in [5, 5.41) is 9.35. The van der Waals surface area contributed by atoms with E-state index < -0.39 is 5.97 Å².